The van der Waals surface area contributed by atoms with Crippen molar-refractivity contribution in [2.24, 2.45) is 7.05 Å². The number of aromatic nitrogens is 6. The van der Waals surface area contributed by atoms with Gasteiger partial charge in [0.1, 0.15) is 17.4 Å². The molecule has 29 heavy (non-hydrogen) atoms. The van der Waals surface area contributed by atoms with E-state index in [4.69, 9.17) is 4.52 Å². The van der Waals surface area contributed by atoms with Gasteiger partial charge in [-0.1, -0.05) is 37.2 Å². The lowest BCUT2D eigenvalue weighted by atomic mass is 10.2. The summed E-state index contributed by atoms with van der Waals surface area (Å²) in [4.78, 5) is 22.3. The van der Waals surface area contributed by atoms with Crippen molar-refractivity contribution in [3.63, 3.8) is 0 Å². The van der Waals surface area contributed by atoms with E-state index >= 15 is 0 Å². The average Bonchev–Trinajstić information content (AvgIpc) is 3.42. The van der Waals surface area contributed by atoms with Gasteiger partial charge in [0, 0.05) is 31.1 Å². The van der Waals surface area contributed by atoms with Gasteiger partial charge in [-0.2, -0.15) is 4.98 Å². The lowest BCUT2D eigenvalue weighted by Crippen LogP contribution is -2.20. The van der Waals surface area contributed by atoms with Gasteiger partial charge in [0.2, 0.25) is 5.89 Å². The summed E-state index contributed by atoms with van der Waals surface area (Å²) in [6, 6.07) is 9.31. The summed E-state index contributed by atoms with van der Waals surface area (Å²) in [5.74, 6) is 1.91. The molecule has 0 aliphatic rings. The number of para-hydroxylation sites is 1. The molecule has 4 aromatic rings. The summed E-state index contributed by atoms with van der Waals surface area (Å²) in [6.07, 6.45) is 3.52. The Bertz CT molecular complexity index is 1200. The lowest BCUT2D eigenvalue weighted by Gasteiger charge is -2.12. The topological polar surface area (TPSA) is 83.7 Å². The number of imidazole rings is 1. The molecule has 3 heterocycles. The molecule has 8 nitrogen and oxygen atoms in total. The lowest BCUT2D eigenvalue weighted by molar-refractivity contribution is 0.341. The normalized spacial score (nSPS) is 12.6. The van der Waals surface area contributed by atoms with Gasteiger partial charge < -0.3 is 9.09 Å². The summed E-state index contributed by atoms with van der Waals surface area (Å²) < 4.78 is 10.9. The third-order valence-electron chi connectivity index (χ3n) is 5.19. The van der Waals surface area contributed by atoms with E-state index in [1.54, 1.807) is 10.9 Å². The number of hydrogen-bond donors (Lipinski definition) is 0. The highest BCUT2D eigenvalue weighted by atomic mass is 16.5. The fourth-order valence-corrected chi connectivity index (χ4v) is 3.42. The first-order valence-electron chi connectivity index (χ1n) is 9.60. The molecule has 0 aliphatic heterocycles. The molecule has 0 aliphatic carbocycles. The summed E-state index contributed by atoms with van der Waals surface area (Å²) in [5.41, 5.74) is 2.06. The van der Waals surface area contributed by atoms with Gasteiger partial charge in [-0.25, -0.2) is 9.67 Å². The molecule has 1 atom stereocenters. The number of nitrogens with zero attached hydrogens (tertiary/aromatic N) is 6. The van der Waals surface area contributed by atoms with Gasteiger partial charge in [0.05, 0.1) is 5.69 Å². The Hall–Kier alpha value is -3.42. The van der Waals surface area contributed by atoms with Crippen LogP contribution in [0.4, 0.5) is 0 Å². The minimum absolute atomic E-state index is 0.121. The predicted molar refractivity (Wildman–Crippen MR) is 109 cm³/mol. The van der Waals surface area contributed by atoms with Crippen LogP contribution >= 0.6 is 0 Å². The van der Waals surface area contributed by atoms with Gasteiger partial charge in [0.15, 0.2) is 5.82 Å². The highest BCUT2D eigenvalue weighted by molar-refractivity contribution is 5.59. The van der Waals surface area contributed by atoms with E-state index in [2.05, 4.69) is 15.1 Å². The molecule has 4 rings (SSSR count). The van der Waals surface area contributed by atoms with Crippen LogP contribution < -0.4 is 5.56 Å². The first-order valence-corrected chi connectivity index (χ1v) is 9.60. The second kappa shape index (κ2) is 7.20. The standard InChI is InChI=1S/C21H24N6O2/c1-13(2)18-23-20(29-24-18)15(4)26-12-11-22-19(26)17-14(3)25(5)27(21(17)28)16-9-7-6-8-10-16/h6-13,15H,1-5H3. The molecule has 3 aromatic heterocycles. The van der Waals surface area contributed by atoms with Crippen molar-refractivity contribution >= 4 is 0 Å². The molecule has 0 fully saturated rings. The van der Waals surface area contributed by atoms with Crippen molar-refractivity contribution in [3.8, 4) is 17.1 Å². The third kappa shape index (κ3) is 3.10. The van der Waals surface area contributed by atoms with E-state index in [0.29, 0.717) is 23.1 Å². The molecule has 0 saturated carbocycles. The SMILES string of the molecule is Cc1c(-c2nccn2C(C)c2nc(C(C)C)no2)c(=O)n(-c2ccccc2)n1C. The van der Waals surface area contributed by atoms with Crippen molar-refractivity contribution in [1.29, 1.82) is 0 Å². The molecular weight excluding hydrogens is 368 g/mol. The monoisotopic (exact) mass is 392 g/mol. The molecule has 0 radical (unpaired) electrons. The molecular formula is C21H24N6O2. The molecule has 1 unspecified atom stereocenters. The second-order valence-electron chi connectivity index (χ2n) is 7.42. The summed E-state index contributed by atoms with van der Waals surface area (Å²) in [5, 5.41) is 4.05. The van der Waals surface area contributed by atoms with Crippen LogP contribution in [-0.2, 0) is 7.05 Å². The quantitative estimate of drug-likeness (QED) is 0.519. The Kier molecular flexibility index (Phi) is 4.70. The first-order chi connectivity index (χ1) is 13.9. The summed E-state index contributed by atoms with van der Waals surface area (Å²) >= 11 is 0. The maximum Gasteiger partial charge on any atom is 0.282 e. The smallest absolute Gasteiger partial charge is 0.282 e. The van der Waals surface area contributed by atoms with Crippen LogP contribution in [0.5, 0.6) is 0 Å². The second-order valence-corrected chi connectivity index (χ2v) is 7.42. The highest BCUT2D eigenvalue weighted by Crippen LogP contribution is 2.26. The number of rotatable bonds is 5. The van der Waals surface area contributed by atoms with Crippen molar-refractivity contribution in [1.82, 2.24) is 29.1 Å². The van der Waals surface area contributed by atoms with E-state index in [0.717, 1.165) is 11.4 Å². The van der Waals surface area contributed by atoms with Gasteiger partial charge in [-0.05, 0) is 26.0 Å². The molecule has 1 aromatic carbocycles. The van der Waals surface area contributed by atoms with Crippen LogP contribution in [-0.4, -0.2) is 29.1 Å². The maximum absolute atomic E-state index is 13.4. The van der Waals surface area contributed by atoms with Crippen molar-refractivity contribution in [3.05, 3.63) is 70.5 Å². The van der Waals surface area contributed by atoms with E-state index < -0.39 is 0 Å². The Morgan fingerprint density at radius 2 is 1.83 bits per heavy atom. The Balaban J connectivity index is 1.82. The minimum atomic E-state index is -0.253. The number of hydrogen-bond acceptors (Lipinski definition) is 5. The predicted octanol–water partition coefficient (Wildman–Crippen LogP) is 3.46. The molecule has 0 spiro atoms. The van der Waals surface area contributed by atoms with Crippen LogP contribution in [0.15, 0.2) is 52.0 Å². The molecule has 0 N–H and O–H groups in total. The largest absolute Gasteiger partial charge is 0.337 e. The Labute approximate surface area is 168 Å². The number of benzene rings is 1. The first kappa shape index (κ1) is 18.9. The third-order valence-corrected chi connectivity index (χ3v) is 5.19. The van der Waals surface area contributed by atoms with Gasteiger partial charge in [-0.3, -0.25) is 9.48 Å². The van der Waals surface area contributed by atoms with Crippen LogP contribution in [0.3, 0.4) is 0 Å². The molecule has 0 amide bonds. The summed E-state index contributed by atoms with van der Waals surface area (Å²) in [6.45, 7) is 7.91. The maximum atomic E-state index is 13.4. The van der Waals surface area contributed by atoms with Gasteiger partial charge >= 0.3 is 0 Å². The van der Waals surface area contributed by atoms with Gasteiger partial charge in [0.25, 0.3) is 5.56 Å². The van der Waals surface area contributed by atoms with Crippen molar-refractivity contribution < 1.29 is 4.52 Å². The average molecular weight is 392 g/mol. The van der Waals surface area contributed by atoms with Crippen LogP contribution in [0.1, 0.15) is 50.1 Å². The van der Waals surface area contributed by atoms with Gasteiger partial charge in [-0.15, -0.1) is 0 Å². The van der Waals surface area contributed by atoms with E-state index in [-0.39, 0.29) is 17.5 Å². The molecule has 150 valence electrons. The zero-order valence-corrected chi connectivity index (χ0v) is 17.2. The zero-order valence-electron chi connectivity index (χ0n) is 17.2. The molecule has 8 heteroatoms. The fourth-order valence-electron chi connectivity index (χ4n) is 3.42. The van der Waals surface area contributed by atoms with E-state index in [9.17, 15) is 4.79 Å². The molecule has 0 saturated heterocycles. The van der Waals surface area contributed by atoms with Crippen LogP contribution in [0.2, 0.25) is 0 Å². The van der Waals surface area contributed by atoms with E-state index in [1.807, 2.05) is 80.5 Å². The Morgan fingerprint density at radius 1 is 1.10 bits per heavy atom. The highest BCUT2D eigenvalue weighted by Gasteiger charge is 2.25. The van der Waals surface area contributed by atoms with Crippen LogP contribution in [0.25, 0.3) is 17.1 Å². The zero-order chi connectivity index (χ0) is 20.7. The Morgan fingerprint density at radius 3 is 2.48 bits per heavy atom. The van der Waals surface area contributed by atoms with E-state index in [1.165, 1.54) is 0 Å². The van der Waals surface area contributed by atoms with Crippen molar-refractivity contribution in [2.75, 3.05) is 0 Å². The summed E-state index contributed by atoms with van der Waals surface area (Å²) in [7, 11) is 1.87. The van der Waals surface area contributed by atoms with Crippen molar-refractivity contribution in [2.45, 2.75) is 39.7 Å². The molecule has 0 bridgehead atoms. The fraction of sp³-hybridized carbons (Fsp3) is 0.333. The van der Waals surface area contributed by atoms with Crippen LogP contribution in [0, 0.1) is 6.92 Å². The minimum Gasteiger partial charge on any atom is -0.337 e.